The molecule has 124 valence electrons. The highest BCUT2D eigenvalue weighted by molar-refractivity contribution is 9.10. The molecular formula is C19H24BrNO2. The Bertz CT molecular complexity index is 643. The normalized spacial score (nSPS) is 37.7. The number of halogens is 1. The van der Waals surface area contributed by atoms with Gasteiger partial charge in [-0.05, 0) is 75.0 Å². The summed E-state index contributed by atoms with van der Waals surface area (Å²) in [6, 6.07) is 5.93. The smallest absolute Gasteiger partial charge is 0.230 e. The second kappa shape index (κ2) is 5.23. The number of aryl methyl sites for hydroxylation is 1. The minimum Gasteiger partial charge on any atom is -0.495 e. The highest BCUT2D eigenvalue weighted by atomic mass is 79.9. The largest absolute Gasteiger partial charge is 0.495 e. The van der Waals surface area contributed by atoms with Crippen molar-refractivity contribution in [3.8, 4) is 5.75 Å². The van der Waals surface area contributed by atoms with Crippen molar-refractivity contribution >= 4 is 27.5 Å². The summed E-state index contributed by atoms with van der Waals surface area (Å²) in [4.78, 5) is 13.2. The number of hydrogen-bond acceptors (Lipinski definition) is 2. The molecule has 23 heavy (non-hydrogen) atoms. The maximum absolute atomic E-state index is 13.2. The molecule has 3 nitrogen and oxygen atoms in total. The van der Waals surface area contributed by atoms with E-state index >= 15 is 0 Å². The molecule has 2 unspecified atom stereocenters. The summed E-state index contributed by atoms with van der Waals surface area (Å²) in [5.41, 5.74) is 1.74. The van der Waals surface area contributed by atoms with Crippen LogP contribution in [0.4, 0.5) is 5.69 Å². The molecule has 0 heterocycles. The van der Waals surface area contributed by atoms with Crippen molar-refractivity contribution in [3.05, 3.63) is 23.8 Å². The lowest BCUT2D eigenvalue weighted by molar-refractivity contribution is -0.138. The van der Waals surface area contributed by atoms with E-state index < -0.39 is 0 Å². The van der Waals surface area contributed by atoms with Gasteiger partial charge in [-0.15, -0.1) is 0 Å². The highest BCUT2D eigenvalue weighted by Crippen LogP contribution is 2.64. The third-order valence-corrected chi connectivity index (χ3v) is 7.00. The lowest BCUT2D eigenvalue weighted by Gasteiger charge is -2.59. The van der Waals surface area contributed by atoms with Gasteiger partial charge in [-0.25, -0.2) is 0 Å². The number of carbonyl (C=O) groups is 1. The van der Waals surface area contributed by atoms with Gasteiger partial charge in [0.2, 0.25) is 5.91 Å². The fraction of sp³-hybridized carbons (Fsp3) is 0.632. The molecule has 4 aliphatic carbocycles. The van der Waals surface area contributed by atoms with Crippen LogP contribution in [0.1, 0.15) is 44.1 Å². The van der Waals surface area contributed by atoms with Crippen molar-refractivity contribution in [2.75, 3.05) is 12.4 Å². The van der Waals surface area contributed by atoms with Gasteiger partial charge < -0.3 is 10.1 Å². The molecule has 4 saturated carbocycles. The molecule has 1 aromatic carbocycles. The number of amides is 1. The lowest BCUT2D eigenvalue weighted by atomic mass is 9.49. The average molecular weight is 378 g/mol. The average Bonchev–Trinajstić information content (AvgIpc) is 2.45. The predicted octanol–water partition coefficient (Wildman–Crippen LogP) is 4.68. The number of anilines is 1. The zero-order chi connectivity index (χ0) is 16.2. The van der Waals surface area contributed by atoms with Gasteiger partial charge >= 0.3 is 0 Å². The van der Waals surface area contributed by atoms with Gasteiger partial charge in [0.25, 0.3) is 0 Å². The topological polar surface area (TPSA) is 38.3 Å². The van der Waals surface area contributed by atoms with Crippen LogP contribution in [-0.4, -0.2) is 17.3 Å². The fourth-order valence-electron chi connectivity index (χ4n) is 5.59. The SMILES string of the molecule is COc1ccc(C)cc1NC(=O)C12C[C@@H]3C[C@@H](CC(Br)(C3)C1)C2. The first-order valence-corrected chi connectivity index (χ1v) is 9.36. The standard InChI is InChI=1S/C19H24BrNO2/c1-12-3-4-16(23-2)15(5-12)21-17(22)18-7-13-6-14(8-18)10-19(20,9-13)11-18/h3-5,13-14H,6-11H2,1-2H3,(H,21,22)/t13-,14+,18?,19?. The third-order valence-electron chi connectivity index (χ3n) is 6.07. The number of methoxy groups -OCH3 is 1. The first-order valence-electron chi connectivity index (χ1n) is 8.56. The molecule has 0 aliphatic heterocycles. The van der Waals surface area contributed by atoms with E-state index in [1.54, 1.807) is 7.11 Å². The zero-order valence-corrected chi connectivity index (χ0v) is 15.4. The first-order chi connectivity index (χ1) is 10.9. The van der Waals surface area contributed by atoms with E-state index in [1.807, 2.05) is 25.1 Å². The van der Waals surface area contributed by atoms with Crippen LogP contribution in [0, 0.1) is 24.2 Å². The summed E-state index contributed by atoms with van der Waals surface area (Å²) in [7, 11) is 1.65. The highest BCUT2D eigenvalue weighted by Gasteiger charge is 2.59. The maximum Gasteiger partial charge on any atom is 0.230 e. The number of rotatable bonds is 3. The van der Waals surface area contributed by atoms with Crippen molar-refractivity contribution in [1.29, 1.82) is 0 Å². The summed E-state index contributed by atoms with van der Waals surface area (Å²) in [6.07, 6.45) is 6.88. The van der Waals surface area contributed by atoms with E-state index in [0.29, 0.717) is 11.8 Å². The van der Waals surface area contributed by atoms with Gasteiger partial charge in [-0.3, -0.25) is 4.79 Å². The third kappa shape index (κ3) is 2.59. The van der Waals surface area contributed by atoms with Crippen LogP contribution in [0.15, 0.2) is 18.2 Å². The minimum absolute atomic E-state index is 0.192. The Morgan fingerprint density at radius 1 is 1.26 bits per heavy atom. The molecule has 0 aromatic heterocycles. The monoisotopic (exact) mass is 377 g/mol. The Kier molecular flexibility index (Phi) is 3.53. The van der Waals surface area contributed by atoms with Crippen LogP contribution in [0.3, 0.4) is 0 Å². The molecule has 1 amide bonds. The summed E-state index contributed by atoms with van der Waals surface area (Å²) in [6.45, 7) is 2.04. The van der Waals surface area contributed by atoms with Gasteiger partial charge in [0.15, 0.2) is 0 Å². The Hall–Kier alpha value is -1.03. The van der Waals surface area contributed by atoms with Crippen LogP contribution in [0.25, 0.3) is 0 Å². The van der Waals surface area contributed by atoms with Gasteiger partial charge in [0.05, 0.1) is 18.2 Å². The van der Waals surface area contributed by atoms with Gasteiger partial charge in [-0.1, -0.05) is 22.0 Å². The second-order valence-corrected chi connectivity index (χ2v) is 9.73. The van der Waals surface area contributed by atoms with E-state index in [4.69, 9.17) is 4.74 Å². The Morgan fingerprint density at radius 2 is 1.96 bits per heavy atom. The van der Waals surface area contributed by atoms with Crippen LogP contribution in [0.2, 0.25) is 0 Å². The number of carbonyl (C=O) groups excluding carboxylic acids is 1. The van der Waals surface area contributed by atoms with Gasteiger partial charge in [-0.2, -0.15) is 0 Å². The first kappa shape index (κ1) is 15.5. The van der Waals surface area contributed by atoms with Crippen LogP contribution in [-0.2, 0) is 4.79 Å². The molecular weight excluding hydrogens is 354 g/mol. The number of benzene rings is 1. The molecule has 4 fully saturated rings. The van der Waals surface area contributed by atoms with Crippen LogP contribution < -0.4 is 10.1 Å². The molecule has 0 saturated heterocycles. The molecule has 1 N–H and O–H groups in total. The summed E-state index contributed by atoms with van der Waals surface area (Å²) in [5.74, 6) is 2.35. The molecule has 4 heteroatoms. The van der Waals surface area contributed by atoms with E-state index in [1.165, 1.54) is 19.3 Å². The Balaban J connectivity index is 1.61. The van der Waals surface area contributed by atoms with E-state index in [0.717, 1.165) is 36.3 Å². The minimum atomic E-state index is -0.192. The molecule has 4 bridgehead atoms. The van der Waals surface area contributed by atoms with Crippen molar-refractivity contribution in [1.82, 2.24) is 0 Å². The summed E-state index contributed by atoms with van der Waals surface area (Å²) < 4.78 is 5.62. The fourth-order valence-corrected chi connectivity index (χ4v) is 7.04. The summed E-state index contributed by atoms with van der Waals surface area (Å²) >= 11 is 3.98. The maximum atomic E-state index is 13.2. The Morgan fingerprint density at radius 3 is 2.57 bits per heavy atom. The molecule has 1 aromatic rings. The van der Waals surface area contributed by atoms with Crippen molar-refractivity contribution in [2.45, 2.75) is 49.8 Å². The number of hydrogen-bond donors (Lipinski definition) is 1. The molecule has 4 aliphatic rings. The molecule has 4 atom stereocenters. The lowest BCUT2D eigenvalue weighted by Crippen LogP contribution is -2.57. The van der Waals surface area contributed by atoms with Crippen molar-refractivity contribution < 1.29 is 9.53 Å². The number of ether oxygens (including phenoxy) is 1. The number of nitrogens with one attached hydrogen (secondary N) is 1. The molecule has 5 rings (SSSR count). The van der Waals surface area contributed by atoms with Crippen LogP contribution >= 0.6 is 15.9 Å². The number of alkyl halides is 1. The van der Waals surface area contributed by atoms with E-state index in [2.05, 4.69) is 21.2 Å². The van der Waals surface area contributed by atoms with Gasteiger partial charge in [0, 0.05) is 4.32 Å². The van der Waals surface area contributed by atoms with Crippen molar-refractivity contribution in [3.63, 3.8) is 0 Å². The molecule has 0 radical (unpaired) electrons. The predicted molar refractivity (Wildman–Crippen MR) is 95.1 cm³/mol. The second-order valence-electron chi connectivity index (χ2n) is 8.05. The van der Waals surface area contributed by atoms with Crippen LogP contribution in [0.5, 0.6) is 5.75 Å². The zero-order valence-electron chi connectivity index (χ0n) is 13.8. The van der Waals surface area contributed by atoms with E-state index in [-0.39, 0.29) is 15.6 Å². The quantitative estimate of drug-likeness (QED) is 0.776. The molecule has 0 spiro atoms. The summed E-state index contributed by atoms with van der Waals surface area (Å²) in [5, 5.41) is 3.19. The van der Waals surface area contributed by atoms with Crippen molar-refractivity contribution in [2.24, 2.45) is 17.3 Å². The van der Waals surface area contributed by atoms with Gasteiger partial charge in [0.1, 0.15) is 5.75 Å². The Labute approximate surface area is 146 Å². The van der Waals surface area contributed by atoms with E-state index in [9.17, 15) is 4.79 Å².